The predicted octanol–water partition coefficient (Wildman–Crippen LogP) is 0.828. The van der Waals surface area contributed by atoms with Crippen molar-refractivity contribution in [2.45, 2.75) is 13.5 Å². The fraction of sp³-hybridized carbons (Fsp3) is 0.154. The van der Waals surface area contributed by atoms with Crippen molar-refractivity contribution in [2.24, 2.45) is 0 Å². The molecule has 3 N–H and O–H groups in total. The van der Waals surface area contributed by atoms with Gasteiger partial charge >= 0.3 is 0 Å². The quantitative estimate of drug-likeness (QED) is 0.656. The molecule has 0 aliphatic rings. The van der Waals surface area contributed by atoms with Gasteiger partial charge in [0, 0.05) is 28.9 Å². The number of H-pyrrole nitrogens is 2. The monoisotopic (exact) mass is 283 g/mol. The van der Waals surface area contributed by atoms with Crippen molar-refractivity contribution < 1.29 is 4.79 Å². The van der Waals surface area contributed by atoms with E-state index in [1.165, 1.54) is 0 Å². The van der Waals surface area contributed by atoms with Gasteiger partial charge in [0.2, 0.25) is 5.82 Å². The van der Waals surface area contributed by atoms with Gasteiger partial charge in [0.1, 0.15) is 0 Å². The van der Waals surface area contributed by atoms with E-state index in [2.05, 4.69) is 36.1 Å². The van der Waals surface area contributed by atoms with E-state index in [-0.39, 0.29) is 5.91 Å². The van der Waals surface area contributed by atoms with Crippen LogP contribution in [0.2, 0.25) is 0 Å². The first-order valence-corrected chi connectivity index (χ1v) is 6.35. The number of amides is 1. The number of carbonyl (C=O) groups is 1. The minimum absolute atomic E-state index is 0.166. The Bertz CT molecular complexity index is 747. The maximum absolute atomic E-state index is 12.2. The number of rotatable bonds is 4. The molecule has 0 radical (unpaired) electrons. The summed E-state index contributed by atoms with van der Waals surface area (Å²) in [4.78, 5) is 12.2. The van der Waals surface area contributed by atoms with Crippen LogP contribution < -0.4 is 5.32 Å². The first kappa shape index (κ1) is 13.0. The summed E-state index contributed by atoms with van der Waals surface area (Å²) in [5.74, 6) is 0.288. The molecule has 3 aromatic rings. The molecule has 3 rings (SSSR count). The standard InChI is InChI=1S/C13H13N7O/c1-8-11(7-15-16-8)6-14-13(21)10-4-2-3-9(5-10)12-17-19-20-18-12/h2-5,7H,6H2,1H3,(H,14,21)(H,15,16)(H,17,18,19,20). The second-order valence-corrected chi connectivity index (χ2v) is 4.52. The van der Waals surface area contributed by atoms with E-state index in [4.69, 9.17) is 0 Å². The van der Waals surface area contributed by atoms with Gasteiger partial charge in [-0.3, -0.25) is 9.89 Å². The van der Waals surface area contributed by atoms with Crippen molar-refractivity contribution in [3.8, 4) is 11.4 Å². The average Bonchev–Trinajstić information content (AvgIpc) is 3.16. The molecule has 8 nitrogen and oxygen atoms in total. The smallest absolute Gasteiger partial charge is 0.251 e. The van der Waals surface area contributed by atoms with Crippen LogP contribution in [0.5, 0.6) is 0 Å². The van der Waals surface area contributed by atoms with Crippen molar-refractivity contribution in [1.29, 1.82) is 0 Å². The van der Waals surface area contributed by atoms with Crippen LogP contribution in [0.4, 0.5) is 0 Å². The molecular formula is C13H13N7O. The van der Waals surface area contributed by atoms with E-state index in [0.29, 0.717) is 17.9 Å². The van der Waals surface area contributed by atoms with E-state index in [0.717, 1.165) is 16.8 Å². The second kappa shape index (κ2) is 5.53. The number of nitrogens with zero attached hydrogens (tertiary/aromatic N) is 4. The molecule has 2 heterocycles. The SMILES string of the molecule is Cc1[nH]ncc1CNC(=O)c1cccc(-c2nn[nH]n2)c1. The molecule has 1 aromatic carbocycles. The summed E-state index contributed by atoms with van der Waals surface area (Å²) in [5.41, 5.74) is 3.17. The Balaban J connectivity index is 1.73. The van der Waals surface area contributed by atoms with Gasteiger partial charge in [-0.15, -0.1) is 10.2 Å². The molecular weight excluding hydrogens is 270 g/mol. The molecule has 106 valence electrons. The number of hydrogen-bond donors (Lipinski definition) is 3. The molecule has 21 heavy (non-hydrogen) atoms. The lowest BCUT2D eigenvalue weighted by atomic mass is 10.1. The minimum Gasteiger partial charge on any atom is -0.348 e. The van der Waals surface area contributed by atoms with Gasteiger partial charge in [-0.1, -0.05) is 12.1 Å². The molecule has 0 aliphatic heterocycles. The second-order valence-electron chi connectivity index (χ2n) is 4.52. The summed E-state index contributed by atoms with van der Waals surface area (Å²) < 4.78 is 0. The number of hydrogen-bond acceptors (Lipinski definition) is 5. The molecule has 0 spiro atoms. The fourth-order valence-electron chi connectivity index (χ4n) is 1.92. The van der Waals surface area contributed by atoms with Crippen LogP contribution >= 0.6 is 0 Å². The number of aryl methyl sites for hydroxylation is 1. The Hall–Kier alpha value is -3.03. The molecule has 0 bridgehead atoms. The highest BCUT2D eigenvalue weighted by molar-refractivity contribution is 5.95. The molecule has 0 atom stereocenters. The summed E-state index contributed by atoms with van der Waals surface area (Å²) in [6.07, 6.45) is 1.70. The van der Waals surface area contributed by atoms with Crippen molar-refractivity contribution in [1.82, 2.24) is 36.1 Å². The molecule has 0 saturated heterocycles. The van der Waals surface area contributed by atoms with Crippen molar-refractivity contribution in [3.05, 3.63) is 47.3 Å². The maximum Gasteiger partial charge on any atom is 0.251 e. The average molecular weight is 283 g/mol. The topological polar surface area (TPSA) is 112 Å². The van der Waals surface area contributed by atoms with Crippen LogP contribution in [-0.4, -0.2) is 36.7 Å². The van der Waals surface area contributed by atoms with Gasteiger partial charge in [-0.2, -0.15) is 10.3 Å². The lowest BCUT2D eigenvalue weighted by Gasteiger charge is -2.05. The molecule has 0 saturated carbocycles. The fourth-order valence-corrected chi connectivity index (χ4v) is 1.92. The summed E-state index contributed by atoms with van der Waals surface area (Å²) in [7, 11) is 0. The van der Waals surface area contributed by atoms with Gasteiger partial charge in [-0.25, -0.2) is 0 Å². The summed E-state index contributed by atoms with van der Waals surface area (Å²) in [6.45, 7) is 2.33. The Morgan fingerprint density at radius 1 is 1.38 bits per heavy atom. The molecule has 0 fully saturated rings. The summed E-state index contributed by atoms with van der Waals surface area (Å²) in [6, 6.07) is 7.06. The normalized spacial score (nSPS) is 10.5. The molecule has 2 aromatic heterocycles. The predicted molar refractivity (Wildman–Crippen MR) is 74.1 cm³/mol. The zero-order chi connectivity index (χ0) is 14.7. The highest BCUT2D eigenvalue weighted by Gasteiger charge is 2.10. The number of carbonyl (C=O) groups excluding carboxylic acids is 1. The van der Waals surface area contributed by atoms with Crippen LogP contribution in [0, 0.1) is 6.92 Å². The Morgan fingerprint density at radius 3 is 3.00 bits per heavy atom. The van der Waals surface area contributed by atoms with E-state index >= 15 is 0 Å². The van der Waals surface area contributed by atoms with Gasteiger partial charge in [0.15, 0.2) is 0 Å². The zero-order valence-electron chi connectivity index (χ0n) is 11.3. The van der Waals surface area contributed by atoms with E-state index in [9.17, 15) is 4.79 Å². The van der Waals surface area contributed by atoms with Gasteiger partial charge in [0.25, 0.3) is 5.91 Å². The third-order valence-electron chi connectivity index (χ3n) is 3.10. The van der Waals surface area contributed by atoms with Crippen molar-refractivity contribution in [2.75, 3.05) is 0 Å². The lowest BCUT2D eigenvalue weighted by molar-refractivity contribution is 0.0951. The molecule has 8 heteroatoms. The zero-order valence-corrected chi connectivity index (χ0v) is 11.3. The highest BCUT2D eigenvalue weighted by Crippen LogP contribution is 2.15. The van der Waals surface area contributed by atoms with Crippen LogP contribution in [0.15, 0.2) is 30.5 Å². The van der Waals surface area contributed by atoms with Crippen molar-refractivity contribution in [3.63, 3.8) is 0 Å². The van der Waals surface area contributed by atoms with Gasteiger partial charge in [-0.05, 0) is 24.3 Å². The van der Waals surface area contributed by atoms with Gasteiger partial charge in [0.05, 0.1) is 6.20 Å². The Morgan fingerprint density at radius 2 is 2.29 bits per heavy atom. The number of nitrogens with one attached hydrogen (secondary N) is 3. The Kier molecular flexibility index (Phi) is 3.42. The number of aromatic nitrogens is 6. The lowest BCUT2D eigenvalue weighted by Crippen LogP contribution is -2.22. The summed E-state index contributed by atoms with van der Waals surface area (Å²) >= 11 is 0. The van der Waals surface area contributed by atoms with Crippen LogP contribution in [0.25, 0.3) is 11.4 Å². The number of benzene rings is 1. The van der Waals surface area contributed by atoms with Gasteiger partial charge < -0.3 is 5.32 Å². The third-order valence-corrected chi connectivity index (χ3v) is 3.10. The largest absolute Gasteiger partial charge is 0.348 e. The van der Waals surface area contributed by atoms with Crippen molar-refractivity contribution >= 4 is 5.91 Å². The molecule has 1 amide bonds. The Labute approximate surface area is 120 Å². The maximum atomic E-state index is 12.2. The third kappa shape index (κ3) is 2.78. The molecule has 0 aliphatic carbocycles. The highest BCUT2D eigenvalue weighted by atomic mass is 16.1. The van der Waals surface area contributed by atoms with E-state index in [1.54, 1.807) is 24.4 Å². The summed E-state index contributed by atoms with van der Waals surface area (Å²) in [5, 5.41) is 23.3. The van der Waals surface area contributed by atoms with Crippen LogP contribution in [0.1, 0.15) is 21.6 Å². The van der Waals surface area contributed by atoms with Crippen LogP contribution in [-0.2, 0) is 6.54 Å². The number of tetrazole rings is 1. The van der Waals surface area contributed by atoms with E-state index < -0.39 is 0 Å². The number of aromatic amines is 2. The molecule has 0 unspecified atom stereocenters. The minimum atomic E-state index is -0.166. The first-order valence-electron chi connectivity index (χ1n) is 6.35. The first-order chi connectivity index (χ1) is 10.2. The van der Waals surface area contributed by atoms with E-state index in [1.807, 2.05) is 13.0 Å². The van der Waals surface area contributed by atoms with Crippen LogP contribution in [0.3, 0.4) is 0 Å².